The van der Waals surface area contributed by atoms with Crippen LogP contribution < -0.4 is 5.32 Å². The van der Waals surface area contributed by atoms with Crippen LogP contribution in [0.15, 0.2) is 47.2 Å². The summed E-state index contributed by atoms with van der Waals surface area (Å²) in [5.74, 6) is 10.2. The van der Waals surface area contributed by atoms with E-state index in [0.29, 0.717) is 18.3 Å². The predicted molar refractivity (Wildman–Crippen MR) is 104 cm³/mol. The molecule has 6 heteroatoms. The van der Waals surface area contributed by atoms with E-state index in [9.17, 15) is 5.11 Å². The topological polar surface area (TPSA) is 76.1 Å². The first-order valence-electron chi connectivity index (χ1n) is 9.66. The lowest BCUT2D eigenvalue weighted by Crippen LogP contribution is -2.13. The SMILES string of the molecule is C[C@H](O)c1nccn1Cc1cc(-c2ccc(C#CC3C4CNCC34)cc2)on1. The molecule has 1 saturated carbocycles. The molecule has 142 valence electrons. The van der Waals surface area contributed by atoms with Gasteiger partial charge >= 0.3 is 0 Å². The highest BCUT2D eigenvalue weighted by Gasteiger charge is 2.51. The summed E-state index contributed by atoms with van der Waals surface area (Å²) in [6.07, 6.45) is 2.88. The molecule has 2 aliphatic rings. The number of hydrogen-bond donors (Lipinski definition) is 2. The van der Waals surface area contributed by atoms with Gasteiger partial charge in [0.05, 0.1) is 6.54 Å². The largest absolute Gasteiger partial charge is 0.385 e. The second kappa shape index (κ2) is 6.93. The van der Waals surface area contributed by atoms with Crippen LogP contribution >= 0.6 is 0 Å². The first-order chi connectivity index (χ1) is 13.7. The van der Waals surface area contributed by atoms with Gasteiger partial charge in [0.15, 0.2) is 5.76 Å². The second-order valence-electron chi connectivity index (χ2n) is 7.63. The number of aliphatic hydroxyl groups is 1. The molecule has 1 aromatic carbocycles. The first kappa shape index (κ1) is 17.2. The zero-order valence-electron chi connectivity index (χ0n) is 15.7. The maximum Gasteiger partial charge on any atom is 0.167 e. The van der Waals surface area contributed by atoms with Gasteiger partial charge < -0.3 is 19.5 Å². The van der Waals surface area contributed by atoms with Crippen molar-refractivity contribution in [2.75, 3.05) is 13.1 Å². The van der Waals surface area contributed by atoms with Gasteiger partial charge in [0.1, 0.15) is 17.6 Å². The maximum absolute atomic E-state index is 9.77. The highest BCUT2D eigenvalue weighted by atomic mass is 16.5. The van der Waals surface area contributed by atoms with Gasteiger partial charge in [-0.3, -0.25) is 0 Å². The van der Waals surface area contributed by atoms with Crippen LogP contribution in [0.5, 0.6) is 0 Å². The Morgan fingerprint density at radius 3 is 2.82 bits per heavy atom. The average molecular weight is 374 g/mol. The Morgan fingerprint density at radius 2 is 2.07 bits per heavy atom. The number of benzene rings is 1. The summed E-state index contributed by atoms with van der Waals surface area (Å²) in [5.41, 5.74) is 2.78. The van der Waals surface area contributed by atoms with Gasteiger partial charge in [0.25, 0.3) is 0 Å². The lowest BCUT2D eigenvalue weighted by molar-refractivity contribution is 0.184. The molecule has 2 N–H and O–H groups in total. The van der Waals surface area contributed by atoms with E-state index >= 15 is 0 Å². The van der Waals surface area contributed by atoms with Gasteiger partial charge in [-0.15, -0.1) is 0 Å². The van der Waals surface area contributed by atoms with E-state index in [-0.39, 0.29) is 0 Å². The second-order valence-corrected chi connectivity index (χ2v) is 7.63. The Labute approximate surface area is 163 Å². The Kier molecular flexibility index (Phi) is 4.27. The van der Waals surface area contributed by atoms with Crippen molar-refractivity contribution in [2.45, 2.75) is 19.6 Å². The van der Waals surface area contributed by atoms with Gasteiger partial charge in [-0.1, -0.05) is 17.0 Å². The van der Waals surface area contributed by atoms with E-state index in [1.165, 1.54) is 0 Å². The van der Waals surface area contributed by atoms with E-state index in [4.69, 9.17) is 4.52 Å². The highest BCUT2D eigenvalue weighted by Crippen LogP contribution is 2.48. The Hall–Kier alpha value is -2.88. The minimum atomic E-state index is -0.624. The number of nitrogens with one attached hydrogen (secondary N) is 1. The quantitative estimate of drug-likeness (QED) is 0.686. The third kappa shape index (κ3) is 3.24. The summed E-state index contributed by atoms with van der Waals surface area (Å²) in [5, 5.41) is 17.3. The zero-order valence-corrected chi connectivity index (χ0v) is 15.7. The number of rotatable bonds is 4. The molecule has 0 bridgehead atoms. The van der Waals surface area contributed by atoms with Crippen LogP contribution in [-0.4, -0.2) is 32.9 Å². The molecule has 3 heterocycles. The maximum atomic E-state index is 9.77. The highest BCUT2D eigenvalue weighted by molar-refractivity contribution is 5.59. The van der Waals surface area contributed by atoms with Crippen molar-refractivity contribution in [2.24, 2.45) is 17.8 Å². The minimum Gasteiger partial charge on any atom is -0.385 e. The zero-order chi connectivity index (χ0) is 19.1. The molecule has 0 radical (unpaired) electrons. The molecule has 1 saturated heterocycles. The summed E-state index contributed by atoms with van der Waals surface area (Å²) in [7, 11) is 0. The van der Waals surface area contributed by atoms with Crippen molar-refractivity contribution in [3.63, 3.8) is 0 Å². The Bertz CT molecular complexity index is 1030. The molecular formula is C22H22N4O2. The van der Waals surface area contributed by atoms with Gasteiger partial charge in [0, 0.05) is 35.5 Å². The normalized spacial score (nSPS) is 23.7. The summed E-state index contributed by atoms with van der Waals surface area (Å²) in [6.45, 7) is 4.44. The fraction of sp³-hybridized carbons (Fsp3) is 0.364. The van der Waals surface area contributed by atoms with Gasteiger partial charge in [0.2, 0.25) is 0 Å². The van der Waals surface area contributed by atoms with Crippen LogP contribution in [-0.2, 0) is 6.54 Å². The smallest absolute Gasteiger partial charge is 0.167 e. The molecule has 6 nitrogen and oxygen atoms in total. The molecule has 1 aliphatic heterocycles. The van der Waals surface area contributed by atoms with Gasteiger partial charge in [-0.2, -0.15) is 0 Å². The lowest BCUT2D eigenvalue weighted by atomic mass is 10.1. The fourth-order valence-electron chi connectivity index (χ4n) is 4.04. The molecule has 0 spiro atoms. The molecular weight excluding hydrogens is 352 g/mol. The van der Waals surface area contributed by atoms with Crippen LogP contribution in [0, 0.1) is 29.6 Å². The molecule has 28 heavy (non-hydrogen) atoms. The summed E-state index contributed by atoms with van der Waals surface area (Å²) >= 11 is 0. The number of aliphatic hydroxyl groups excluding tert-OH is 1. The van der Waals surface area contributed by atoms with E-state index in [1.54, 1.807) is 13.1 Å². The van der Waals surface area contributed by atoms with E-state index in [0.717, 1.165) is 47.5 Å². The summed E-state index contributed by atoms with van der Waals surface area (Å²) < 4.78 is 7.38. The van der Waals surface area contributed by atoms with Gasteiger partial charge in [-0.05, 0) is 56.1 Å². The minimum absolute atomic E-state index is 0.506. The number of fused-ring (bicyclic) bond motifs is 1. The third-order valence-corrected chi connectivity index (χ3v) is 5.66. The third-order valence-electron chi connectivity index (χ3n) is 5.66. The molecule has 2 unspecified atom stereocenters. The van der Waals surface area contributed by atoms with Crippen molar-refractivity contribution in [1.29, 1.82) is 0 Å². The van der Waals surface area contributed by atoms with Crippen LogP contribution in [0.2, 0.25) is 0 Å². The summed E-state index contributed by atoms with van der Waals surface area (Å²) in [4.78, 5) is 4.18. The van der Waals surface area contributed by atoms with Crippen LogP contribution in [0.4, 0.5) is 0 Å². The number of aromatic nitrogens is 3. The van der Waals surface area contributed by atoms with E-state index in [1.807, 2.05) is 41.1 Å². The van der Waals surface area contributed by atoms with Crippen molar-refractivity contribution < 1.29 is 9.63 Å². The number of piperidine rings is 1. The van der Waals surface area contributed by atoms with Crippen LogP contribution in [0.3, 0.4) is 0 Å². The molecule has 5 rings (SSSR count). The average Bonchev–Trinajstić information content (AvgIpc) is 3.21. The molecule has 3 aromatic rings. The Morgan fingerprint density at radius 1 is 1.29 bits per heavy atom. The number of nitrogens with zero attached hydrogens (tertiary/aromatic N) is 3. The molecule has 2 fully saturated rings. The van der Waals surface area contributed by atoms with E-state index < -0.39 is 6.10 Å². The number of imidazole rings is 1. The molecule has 2 aromatic heterocycles. The lowest BCUT2D eigenvalue weighted by Gasteiger charge is -2.07. The van der Waals surface area contributed by atoms with Gasteiger partial charge in [-0.25, -0.2) is 4.98 Å². The monoisotopic (exact) mass is 374 g/mol. The predicted octanol–water partition coefficient (Wildman–Crippen LogP) is 2.46. The van der Waals surface area contributed by atoms with Crippen molar-refractivity contribution in [1.82, 2.24) is 20.0 Å². The van der Waals surface area contributed by atoms with Crippen molar-refractivity contribution >= 4 is 0 Å². The standard InChI is InChI=1S/C22H22N4O2/c1-14(27)22-24-8-9-26(22)13-17-10-21(28-25-17)16-5-2-15(3-6-16)4-7-18-19-11-23-12-20(18)19/h2-3,5-6,8-10,14,18-20,23,27H,11-13H2,1H3/t14-,18?,19?,20?/m0/s1. The fourth-order valence-corrected chi connectivity index (χ4v) is 4.04. The first-order valence-corrected chi connectivity index (χ1v) is 9.66. The molecule has 0 amide bonds. The van der Waals surface area contributed by atoms with E-state index in [2.05, 4.69) is 27.3 Å². The van der Waals surface area contributed by atoms with Crippen molar-refractivity contribution in [3.05, 3.63) is 59.8 Å². The summed E-state index contributed by atoms with van der Waals surface area (Å²) in [6, 6.07) is 10.0. The Balaban J connectivity index is 1.27. The number of hydrogen-bond acceptors (Lipinski definition) is 5. The van der Waals surface area contributed by atoms with Crippen LogP contribution in [0.25, 0.3) is 11.3 Å². The van der Waals surface area contributed by atoms with Crippen LogP contribution in [0.1, 0.15) is 30.1 Å². The molecule has 3 atom stereocenters. The molecule has 1 aliphatic carbocycles. The van der Waals surface area contributed by atoms with Crippen molar-refractivity contribution in [3.8, 4) is 23.2 Å².